The van der Waals surface area contributed by atoms with E-state index in [-0.39, 0.29) is 24.1 Å². The summed E-state index contributed by atoms with van der Waals surface area (Å²) in [5.74, 6) is -0.294. The van der Waals surface area contributed by atoms with Crippen LogP contribution < -0.4 is 0 Å². The zero-order valence-corrected chi connectivity index (χ0v) is 17.0. The van der Waals surface area contributed by atoms with Gasteiger partial charge in [-0.15, -0.1) is 0 Å². The Hall–Kier alpha value is -1.14. The molecule has 0 heterocycles. The number of hydrogen-bond acceptors (Lipinski definition) is 6. The highest BCUT2D eigenvalue weighted by atomic mass is 16.6. The standard InChI is InChI=1S/C10H20O3.C9H18O3/c1-4-6-10(11)13-9(3)8-12-7-5-2;1-4-6-11-7-8(3)12-9(10)5-2/h9H,4-8H2,1-3H3;8H,4-7H2,1-3H3. The molecule has 0 aromatic rings. The molecule has 0 aromatic heterocycles. The van der Waals surface area contributed by atoms with Crippen molar-refractivity contribution >= 4 is 11.9 Å². The van der Waals surface area contributed by atoms with Crippen LogP contribution in [-0.2, 0) is 28.5 Å². The summed E-state index contributed by atoms with van der Waals surface area (Å²) in [5.41, 5.74) is 0. The number of carbonyl (C=O) groups is 2. The van der Waals surface area contributed by atoms with Crippen molar-refractivity contribution in [1.82, 2.24) is 0 Å². The van der Waals surface area contributed by atoms with Gasteiger partial charge in [-0.3, -0.25) is 9.59 Å². The molecule has 6 nitrogen and oxygen atoms in total. The summed E-state index contributed by atoms with van der Waals surface area (Å²) in [6.45, 7) is 14.0. The van der Waals surface area contributed by atoms with Gasteiger partial charge in [0.15, 0.2) is 0 Å². The first-order valence-electron chi connectivity index (χ1n) is 9.45. The van der Waals surface area contributed by atoms with Gasteiger partial charge in [0, 0.05) is 26.1 Å². The molecule has 0 aromatic carbocycles. The van der Waals surface area contributed by atoms with Crippen molar-refractivity contribution in [2.24, 2.45) is 0 Å². The smallest absolute Gasteiger partial charge is 0.306 e. The van der Waals surface area contributed by atoms with E-state index in [9.17, 15) is 9.59 Å². The number of carbonyl (C=O) groups excluding carboxylic acids is 2. The van der Waals surface area contributed by atoms with Crippen molar-refractivity contribution in [3.05, 3.63) is 0 Å². The molecular formula is C19H38O6. The van der Waals surface area contributed by atoms with Gasteiger partial charge in [0.25, 0.3) is 0 Å². The Morgan fingerprint density at radius 1 is 0.720 bits per heavy atom. The van der Waals surface area contributed by atoms with Crippen LogP contribution in [0.3, 0.4) is 0 Å². The summed E-state index contributed by atoms with van der Waals surface area (Å²) < 4.78 is 20.5. The zero-order chi connectivity index (χ0) is 19.5. The molecule has 0 amide bonds. The van der Waals surface area contributed by atoms with Crippen molar-refractivity contribution in [3.8, 4) is 0 Å². The molecule has 0 saturated heterocycles. The molecule has 0 rings (SSSR count). The van der Waals surface area contributed by atoms with Crippen molar-refractivity contribution < 1.29 is 28.5 Å². The highest BCUT2D eigenvalue weighted by Gasteiger charge is 2.08. The van der Waals surface area contributed by atoms with Gasteiger partial charge in [-0.05, 0) is 33.1 Å². The molecule has 0 aliphatic carbocycles. The second-order valence-electron chi connectivity index (χ2n) is 5.85. The summed E-state index contributed by atoms with van der Waals surface area (Å²) in [6, 6.07) is 0. The first-order chi connectivity index (χ1) is 11.9. The Bertz CT molecular complexity index is 319. The van der Waals surface area contributed by atoms with Gasteiger partial charge >= 0.3 is 11.9 Å². The minimum Gasteiger partial charge on any atom is -0.460 e. The van der Waals surface area contributed by atoms with Gasteiger partial charge in [0.2, 0.25) is 0 Å². The maximum Gasteiger partial charge on any atom is 0.306 e. The van der Waals surface area contributed by atoms with E-state index in [1.165, 1.54) is 0 Å². The van der Waals surface area contributed by atoms with E-state index in [1.807, 2.05) is 34.6 Å². The van der Waals surface area contributed by atoms with Gasteiger partial charge in [0.05, 0.1) is 13.2 Å². The van der Waals surface area contributed by atoms with Crippen molar-refractivity contribution in [1.29, 1.82) is 0 Å². The van der Waals surface area contributed by atoms with E-state index in [0.29, 0.717) is 26.1 Å². The van der Waals surface area contributed by atoms with Crippen molar-refractivity contribution in [2.75, 3.05) is 26.4 Å². The van der Waals surface area contributed by atoms with E-state index in [0.717, 1.165) is 32.5 Å². The van der Waals surface area contributed by atoms with E-state index in [1.54, 1.807) is 6.92 Å². The summed E-state index contributed by atoms with van der Waals surface area (Å²) in [7, 11) is 0. The molecule has 150 valence electrons. The number of rotatable bonds is 13. The average molecular weight is 363 g/mol. The van der Waals surface area contributed by atoms with Crippen LogP contribution in [0, 0.1) is 0 Å². The van der Waals surface area contributed by atoms with Crippen LogP contribution in [-0.4, -0.2) is 50.6 Å². The Kier molecular flexibility index (Phi) is 20.0. The Labute approximate surface area is 153 Å². The normalized spacial score (nSPS) is 12.6. The molecule has 25 heavy (non-hydrogen) atoms. The Morgan fingerprint density at radius 3 is 1.52 bits per heavy atom. The third kappa shape index (κ3) is 20.8. The molecule has 0 spiro atoms. The maximum absolute atomic E-state index is 11.0. The van der Waals surface area contributed by atoms with Crippen LogP contribution in [0.1, 0.15) is 73.6 Å². The lowest BCUT2D eigenvalue weighted by molar-refractivity contribution is -0.151. The lowest BCUT2D eigenvalue weighted by Gasteiger charge is -2.12. The van der Waals surface area contributed by atoms with Crippen LogP contribution in [0.25, 0.3) is 0 Å². The van der Waals surface area contributed by atoms with Crippen LogP contribution in [0.2, 0.25) is 0 Å². The maximum atomic E-state index is 11.0. The fraction of sp³-hybridized carbons (Fsp3) is 0.895. The molecule has 0 aliphatic heterocycles. The summed E-state index contributed by atoms with van der Waals surface area (Å²) >= 11 is 0. The average Bonchev–Trinajstić information content (AvgIpc) is 2.56. The van der Waals surface area contributed by atoms with Gasteiger partial charge in [-0.25, -0.2) is 0 Å². The van der Waals surface area contributed by atoms with Crippen LogP contribution in [0.4, 0.5) is 0 Å². The molecule has 0 aliphatic rings. The SMILES string of the molecule is CCCOCC(C)OC(=O)CC.CCCOCC(C)OC(=O)CCC. The Morgan fingerprint density at radius 2 is 1.16 bits per heavy atom. The first-order valence-corrected chi connectivity index (χ1v) is 9.45. The van der Waals surface area contributed by atoms with Crippen LogP contribution in [0.5, 0.6) is 0 Å². The number of ether oxygens (including phenoxy) is 4. The molecule has 0 fully saturated rings. The largest absolute Gasteiger partial charge is 0.460 e. The first kappa shape index (κ1) is 26.1. The van der Waals surface area contributed by atoms with E-state index in [4.69, 9.17) is 18.9 Å². The summed E-state index contributed by atoms with van der Waals surface area (Å²) in [4.78, 5) is 21.8. The summed E-state index contributed by atoms with van der Waals surface area (Å²) in [6.07, 6.45) is 3.51. The number of hydrogen-bond donors (Lipinski definition) is 0. The van der Waals surface area contributed by atoms with Crippen LogP contribution in [0.15, 0.2) is 0 Å². The predicted molar refractivity (Wildman–Crippen MR) is 98.5 cm³/mol. The topological polar surface area (TPSA) is 71.1 Å². The molecule has 0 N–H and O–H groups in total. The highest BCUT2D eigenvalue weighted by Crippen LogP contribution is 1.98. The van der Waals surface area contributed by atoms with Crippen molar-refractivity contribution in [3.63, 3.8) is 0 Å². The van der Waals surface area contributed by atoms with E-state index < -0.39 is 0 Å². The summed E-state index contributed by atoms with van der Waals surface area (Å²) in [5, 5.41) is 0. The predicted octanol–water partition coefficient (Wildman–Crippen LogP) is 3.90. The molecule has 0 saturated carbocycles. The monoisotopic (exact) mass is 362 g/mol. The van der Waals surface area contributed by atoms with Gasteiger partial charge in [-0.2, -0.15) is 0 Å². The highest BCUT2D eigenvalue weighted by molar-refractivity contribution is 5.69. The van der Waals surface area contributed by atoms with E-state index in [2.05, 4.69) is 0 Å². The zero-order valence-electron chi connectivity index (χ0n) is 17.0. The van der Waals surface area contributed by atoms with Crippen LogP contribution >= 0.6 is 0 Å². The third-order valence-corrected chi connectivity index (χ3v) is 2.81. The molecule has 2 unspecified atom stereocenters. The minimum atomic E-state index is -0.164. The Balaban J connectivity index is 0. The molecule has 0 bridgehead atoms. The quantitative estimate of drug-likeness (QED) is 0.365. The number of esters is 2. The second kappa shape index (κ2) is 19.2. The van der Waals surface area contributed by atoms with Crippen molar-refractivity contribution in [2.45, 2.75) is 85.9 Å². The molecule has 2 atom stereocenters. The molecular weight excluding hydrogens is 324 g/mol. The van der Waals surface area contributed by atoms with E-state index >= 15 is 0 Å². The lowest BCUT2D eigenvalue weighted by Crippen LogP contribution is -2.20. The lowest BCUT2D eigenvalue weighted by atomic mass is 10.3. The fourth-order valence-corrected chi connectivity index (χ4v) is 1.65. The van der Waals surface area contributed by atoms with Gasteiger partial charge in [0.1, 0.15) is 12.2 Å². The van der Waals surface area contributed by atoms with Gasteiger partial charge < -0.3 is 18.9 Å². The fourth-order valence-electron chi connectivity index (χ4n) is 1.65. The molecule has 0 radical (unpaired) electrons. The third-order valence-electron chi connectivity index (χ3n) is 2.81. The second-order valence-corrected chi connectivity index (χ2v) is 5.85. The molecule has 6 heteroatoms. The van der Waals surface area contributed by atoms with Gasteiger partial charge in [-0.1, -0.05) is 27.7 Å². The minimum absolute atomic E-state index is 0.120.